The van der Waals surface area contributed by atoms with E-state index in [0.717, 1.165) is 42.0 Å². The molecule has 2 heterocycles. The van der Waals surface area contributed by atoms with Gasteiger partial charge in [-0.1, -0.05) is 36.4 Å². The number of aromatic nitrogens is 2. The molecular weight excluding hydrogens is 417 g/mol. The van der Waals surface area contributed by atoms with Gasteiger partial charge in [0.05, 0.1) is 17.6 Å². The highest BCUT2D eigenvalue weighted by atomic mass is 19.1. The SMILES string of the molecule is O=C1CC(c2nc3ccccc3n2CCCCOc2ccccc2)CN1c1cccc(F)c1. The minimum Gasteiger partial charge on any atom is -0.494 e. The lowest BCUT2D eigenvalue weighted by molar-refractivity contribution is -0.117. The van der Waals surface area contributed by atoms with Crippen molar-refractivity contribution in [2.75, 3.05) is 18.1 Å². The second-order valence-corrected chi connectivity index (χ2v) is 8.36. The summed E-state index contributed by atoms with van der Waals surface area (Å²) in [6.45, 7) is 1.96. The Balaban J connectivity index is 1.31. The number of aryl methyl sites for hydroxylation is 1. The number of fused-ring (bicyclic) bond motifs is 1. The molecule has 33 heavy (non-hydrogen) atoms. The minimum atomic E-state index is -0.339. The van der Waals surface area contributed by atoms with E-state index in [9.17, 15) is 9.18 Å². The molecule has 1 unspecified atom stereocenters. The molecule has 1 atom stereocenters. The summed E-state index contributed by atoms with van der Waals surface area (Å²) in [6.07, 6.45) is 2.23. The zero-order valence-electron chi connectivity index (χ0n) is 18.4. The minimum absolute atomic E-state index is 0.000433. The summed E-state index contributed by atoms with van der Waals surface area (Å²) < 4.78 is 21.8. The third-order valence-electron chi connectivity index (χ3n) is 6.08. The molecule has 1 aliphatic rings. The highest BCUT2D eigenvalue weighted by molar-refractivity contribution is 5.96. The lowest BCUT2D eigenvalue weighted by Gasteiger charge is -2.17. The predicted molar refractivity (Wildman–Crippen MR) is 127 cm³/mol. The summed E-state index contributed by atoms with van der Waals surface area (Å²) in [4.78, 5) is 19.4. The van der Waals surface area contributed by atoms with Crippen molar-refractivity contribution in [2.24, 2.45) is 0 Å². The molecule has 5 rings (SSSR count). The largest absolute Gasteiger partial charge is 0.494 e. The summed E-state index contributed by atoms with van der Waals surface area (Å²) in [5.41, 5.74) is 2.61. The van der Waals surface area contributed by atoms with E-state index in [0.29, 0.717) is 25.3 Å². The van der Waals surface area contributed by atoms with Crippen molar-refractivity contribution >= 4 is 22.6 Å². The summed E-state index contributed by atoms with van der Waals surface area (Å²) in [5, 5.41) is 0. The molecule has 0 N–H and O–H groups in total. The van der Waals surface area contributed by atoms with E-state index in [4.69, 9.17) is 9.72 Å². The van der Waals surface area contributed by atoms with Crippen LogP contribution < -0.4 is 9.64 Å². The Bertz CT molecular complexity index is 1250. The first-order chi connectivity index (χ1) is 16.2. The molecule has 0 spiro atoms. The number of para-hydroxylation sites is 3. The zero-order valence-corrected chi connectivity index (χ0v) is 18.4. The van der Waals surface area contributed by atoms with Crippen LogP contribution in [0.4, 0.5) is 10.1 Å². The van der Waals surface area contributed by atoms with Crippen LogP contribution in [-0.2, 0) is 11.3 Å². The Morgan fingerprint density at radius 2 is 1.79 bits per heavy atom. The van der Waals surface area contributed by atoms with Gasteiger partial charge in [-0.15, -0.1) is 0 Å². The summed E-state index contributed by atoms with van der Waals surface area (Å²) in [5.74, 6) is 1.43. The van der Waals surface area contributed by atoms with Crippen LogP contribution in [0.1, 0.15) is 31.0 Å². The number of hydrogen-bond donors (Lipinski definition) is 0. The molecule has 6 heteroatoms. The number of hydrogen-bond acceptors (Lipinski definition) is 3. The highest BCUT2D eigenvalue weighted by Crippen LogP contribution is 2.33. The normalized spacial score (nSPS) is 16.0. The second kappa shape index (κ2) is 9.45. The van der Waals surface area contributed by atoms with Gasteiger partial charge >= 0.3 is 0 Å². The number of halogens is 1. The summed E-state index contributed by atoms with van der Waals surface area (Å²) in [7, 11) is 0. The molecule has 1 aromatic heterocycles. The lowest BCUT2D eigenvalue weighted by Crippen LogP contribution is -2.24. The summed E-state index contributed by atoms with van der Waals surface area (Å²) in [6, 6.07) is 24.1. The fraction of sp³-hybridized carbons (Fsp3) is 0.259. The lowest BCUT2D eigenvalue weighted by atomic mass is 10.1. The van der Waals surface area contributed by atoms with Gasteiger partial charge in [0.15, 0.2) is 0 Å². The Kier molecular flexibility index (Phi) is 6.07. The van der Waals surface area contributed by atoms with E-state index in [1.165, 1.54) is 12.1 Å². The number of anilines is 1. The number of imidazole rings is 1. The predicted octanol–water partition coefficient (Wildman–Crippen LogP) is 5.56. The van der Waals surface area contributed by atoms with Gasteiger partial charge in [-0.2, -0.15) is 0 Å². The number of benzene rings is 3. The molecule has 5 nitrogen and oxygen atoms in total. The van der Waals surface area contributed by atoms with E-state index in [-0.39, 0.29) is 17.6 Å². The van der Waals surface area contributed by atoms with Gasteiger partial charge in [0.2, 0.25) is 5.91 Å². The molecule has 1 fully saturated rings. The van der Waals surface area contributed by atoms with Crippen LogP contribution in [-0.4, -0.2) is 28.6 Å². The summed E-state index contributed by atoms with van der Waals surface area (Å²) >= 11 is 0. The van der Waals surface area contributed by atoms with Gasteiger partial charge in [0, 0.05) is 31.1 Å². The van der Waals surface area contributed by atoms with Gasteiger partial charge in [0.25, 0.3) is 0 Å². The van der Waals surface area contributed by atoms with E-state index in [2.05, 4.69) is 10.6 Å². The maximum absolute atomic E-state index is 13.7. The smallest absolute Gasteiger partial charge is 0.227 e. The fourth-order valence-corrected chi connectivity index (χ4v) is 4.49. The Hall–Kier alpha value is -3.67. The monoisotopic (exact) mass is 443 g/mol. The van der Waals surface area contributed by atoms with Crippen LogP contribution in [0.3, 0.4) is 0 Å². The van der Waals surface area contributed by atoms with Crippen molar-refractivity contribution in [1.29, 1.82) is 0 Å². The number of rotatable bonds is 8. The Labute approximate surface area is 192 Å². The third kappa shape index (κ3) is 4.60. The van der Waals surface area contributed by atoms with Crippen molar-refractivity contribution in [3.63, 3.8) is 0 Å². The average Bonchev–Trinajstić information content (AvgIpc) is 3.40. The first-order valence-electron chi connectivity index (χ1n) is 11.4. The van der Waals surface area contributed by atoms with Crippen molar-refractivity contribution < 1.29 is 13.9 Å². The zero-order chi connectivity index (χ0) is 22.6. The van der Waals surface area contributed by atoms with Crippen LogP contribution in [0.2, 0.25) is 0 Å². The fourth-order valence-electron chi connectivity index (χ4n) is 4.49. The molecule has 0 saturated carbocycles. The van der Waals surface area contributed by atoms with E-state index < -0.39 is 0 Å². The number of amides is 1. The molecule has 3 aromatic carbocycles. The molecule has 0 aliphatic carbocycles. The second-order valence-electron chi connectivity index (χ2n) is 8.36. The van der Waals surface area contributed by atoms with E-state index in [1.807, 2.05) is 48.5 Å². The molecule has 1 aliphatic heterocycles. The van der Waals surface area contributed by atoms with Crippen LogP contribution in [0.15, 0.2) is 78.9 Å². The maximum Gasteiger partial charge on any atom is 0.227 e. The van der Waals surface area contributed by atoms with Gasteiger partial charge in [-0.25, -0.2) is 9.37 Å². The molecule has 0 radical (unpaired) electrons. The molecule has 4 aromatic rings. The van der Waals surface area contributed by atoms with Crippen molar-refractivity contribution in [2.45, 2.75) is 31.7 Å². The van der Waals surface area contributed by atoms with Crippen molar-refractivity contribution in [1.82, 2.24) is 9.55 Å². The van der Waals surface area contributed by atoms with Crippen LogP contribution in [0, 0.1) is 5.82 Å². The first-order valence-corrected chi connectivity index (χ1v) is 11.4. The standard InChI is InChI=1S/C27H26FN3O2/c28-21-9-8-10-22(18-21)31-19-20(17-26(31)32)27-29-24-13-4-5-14-25(24)30(27)15-6-7-16-33-23-11-2-1-3-12-23/h1-5,8-14,18,20H,6-7,15-17,19H2. The average molecular weight is 444 g/mol. The Morgan fingerprint density at radius 3 is 2.64 bits per heavy atom. The molecule has 168 valence electrons. The van der Waals surface area contributed by atoms with Crippen molar-refractivity contribution in [3.05, 3.63) is 90.5 Å². The number of nitrogens with zero attached hydrogens (tertiary/aromatic N) is 3. The Morgan fingerprint density at radius 1 is 0.970 bits per heavy atom. The van der Waals surface area contributed by atoms with Gasteiger partial charge in [0.1, 0.15) is 17.4 Å². The number of unbranched alkanes of at least 4 members (excludes halogenated alkanes) is 1. The molecular formula is C27H26FN3O2. The number of carbonyl (C=O) groups excluding carboxylic acids is 1. The number of carbonyl (C=O) groups is 1. The van der Waals surface area contributed by atoms with Crippen LogP contribution in [0.5, 0.6) is 5.75 Å². The quantitative estimate of drug-likeness (QED) is 0.335. The van der Waals surface area contributed by atoms with E-state index in [1.54, 1.807) is 17.0 Å². The van der Waals surface area contributed by atoms with Gasteiger partial charge < -0.3 is 14.2 Å². The molecule has 1 saturated heterocycles. The maximum atomic E-state index is 13.7. The van der Waals surface area contributed by atoms with Crippen LogP contribution >= 0.6 is 0 Å². The topological polar surface area (TPSA) is 47.4 Å². The van der Waals surface area contributed by atoms with Gasteiger partial charge in [-0.3, -0.25) is 4.79 Å². The third-order valence-corrected chi connectivity index (χ3v) is 6.08. The van der Waals surface area contributed by atoms with Crippen molar-refractivity contribution in [3.8, 4) is 5.75 Å². The molecule has 0 bridgehead atoms. The number of ether oxygens (including phenoxy) is 1. The van der Waals surface area contributed by atoms with E-state index >= 15 is 0 Å². The highest BCUT2D eigenvalue weighted by Gasteiger charge is 2.34. The first kappa shape index (κ1) is 21.2. The van der Waals surface area contributed by atoms with Crippen LogP contribution in [0.25, 0.3) is 11.0 Å². The molecule has 1 amide bonds. The van der Waals surface area contributed by atoms with Gasteiger partial charge in [-0.05, 0) is 55.3 Å².